The Hall–Kier alpha value is -0.190. The summed E-state index contributed by atoms with van der Waals surface area (Å²) < 4.78 is 31.7. The summed E-state index contributed by atoms with van der Waals surface area (Å²) in [6, 6.07) is 5.16. The van der Waals surface area contributed by atoms with Gasteiger partial charge in [0, 0.05) is 4.47 Å². The lowest BCUT2D eigenvalue weighted by atomic mass is 10.3. The summed E-state index contributed by atoms with van der Waals surface area (Å²) in [5, 5.41) is 0.893. The van der Waals surface area contributed by atoms with Gasteiger partial charge in [0.25, 0.3) is 0 Å². The maximum atomic E-state index is 10.8. The van der Waals surface area contributed by atoms with E-state index in [1.54, 1.807) is 18.2 Å². The molecule has 0 bridgehead atoms. The summed E-state index contributed by atoms with van der Waals surface area (Å²) in [5.74, 6) is 0. The van der Waals surface area contributed by atoms with Crippen molar-refractivity contribution >= 4 is 47.9 Å². The molecule has 2 rings (SSSR count). The quantitative estimate of drug-likeness (QED) is 0.822. The predicted octanol–water partition coefficient (Wildman–Crippen LogP) is 1.64. The fourth-order valence-electron chi connectivity index (χ4n) is 0.940. The highest BCUT2D eigenvalue weighted by atomic mass is 79.9. The van der Waals surface area contributed by atoms with E-state index in [1.165, 1.54) is 0 Å². The zero-order valence-electron chi connectivity index (χ0n) is 6.98. The van der Waals surface area contributed by atoms with Crippen molar-refractivity contribution < 1.29 is 17.0 Å². The van der Waals surface area contributed by atoms with E-state index in [0.29, 0.717) is 10.2 Å². The summed E-state index contributed by atoms with van der Waals surface area (Å²) >= 11 is 6.54. The van der Waals surface area contributed by atoms with Gasteiger partial charge in [-0.05, 0) is 44.0 Å². The predicted molar refractivity (Wildman–Crippen MR) is 58.5 cm³/mol. The number of hydrogen-bond donors (Lipinski definition) is 1. The van der Waals surface area contributed by atoms with Gasteiger partial charge in [0.2, 0.25) is 0 Å². The molecule has 1 heterocycles. The van der Waals surface area contributed by atoms with Gasteiger partial charge in [0.15, 0.2) is 0 Å². The van der Waals surface area contributed by atoms with Crippen molar-refractivity contribution in [1.82, 2.24) is 5.59 Å². The number of anilines is 1. The van der Waals surface area contributed by atoms with Crippen LogP contribution >= 0.6 is 31.9 Å². The number of hydrazine groups is 1. The van der Waals surface area contributed by atoms with Gasteiger partial charge in [-0.1, -0.05) is 11.7 Å². The van der Waals surface area contributed by atoms with Crippen LogP contribution in [0.25, 0.3) is 0 Å². The van der Waals surface area contributed by atoms with Crippen LogP contribution in [0.4, 0.5) is 5.69 Å². The highest BCUT2D eigenvalue weighted by molar-refractivity contribution is 9.13. The monoisotopic (exact) mass is 358 g/mol. The van der Waals surface area contributed by atoms with E-state index in [2.05, 4.69) is 46.0 Å². The van der Waals surface area contributed by atoms with Crippen LogP contribution < -0.4 is 10.8 Å². The van der Waals surface area contributed by atoms with Crippen LogP contribution in [0.3, 0.4) is 0 Å². The number of hydrogen-bond acceptors (Lipinski definition) is 6. The third-order valence-corrected chi connectivity index (χ3v) is 4.17. The topological polar surface area (TPSA) is 67.9 Å². The van der Waals surface area contributed by atoms with Crippen LogP contribution in [0.1, 0.15) is 0 Å². The minimum Gasteiger partial charge on any atom is -0.165 e. The van der Waals surface area contributed by atoms with Gasteiger partial charge in [0.05, 0.1) is 4.47 Å². The highest BCUT2D eigenvalue weighted by Crippen LogP contribution is 2.33. The van der Waals surface area contributed by atoms with E-state index >= 15 is 0 Å². The van der Waals surface area contributed by atoms with Crippen LogP contribution in [-0.2, 0) is 19.0 Å². The Balaban J connectivity index is 2.36. The van der Waals surface area contributed by atoms with Crippen LogP contribution in [0, 0.1) is 0 Å². The van der Waals surface area contributed by atoms with Gasteiger partial charge in [-0.15, -0.1) is 13.7 Å². The summed E-state index contributed by atoms with van der Waals surface area (Å²) in [7, 11) is -3.99. The Kier molecular flexibility index (Phi) is 3.01. The SMILES string of the molecule is O=S1(=O)ONN(c2cccc(Br)c2Br)O1. The highest BCUT2D eigenvalue weighted by Gasteiger charge is 2.30. The molecule has 0 radical (unpaired) electrons. The second kappa shape index (κ2) is 4.00. The minimum absolute atomic E-state index is 0.463. The molecular formula is C6H4Br2N2O4S. The molecule has 1 aliphatic heterocycles. The van der Waals surface area contributed by atoms with Crippen molar-refractivity contribution in [2.75, 3.05) is 5.17 Å². The zero-order chi connectivity index (χ0) is 11.1. The fraction of sp³-hybridized carbons (Fsp3) is 0. The van der Waals surface area contributed by atoms with E-state index < -0.39 is 10.4 Å². The summed E-state index contributed by atoms with van der Waals surface area (Å²) in [5.41, 5.74) is 2.57. The molecule has 0 saturated carbocycles. The summed E-state index contributed by atoms with van der Waals surface area (Å²) in [6.07, 6.45) is 0. The maximum Gasteiger partial charge on any atom is 0.440 e. The van der Waals surface area contributed by atoms with Gasteiger partial charge >= 0.3 is 10.4 Å². The van der Waals surface area contributed by atoms with Crippen molar-refractivity contribution in [3.05, 3.63) is 27.1 Å². The Bertz CT molecular complexity index is 492. The number of rotatable bonds is 1. The molecule has 1 fully saturated rings. The smallest absolute Gasteiger partial charge is 0.165 e. The van der Waals surface area contributed by atoms with E-state index in [0.717, 1.165) is 9.64 Å². The molecular weight excluding hydrogens is 356 g/mol. The molecule has 82 valence electrons. The van der Waals surface area contributed by atoms with Crippen LogP contribution in [0.15, 0.2) is 27.1 Å². The first-order chi connectivity index (χ1) is 6.99. The normalized spacial score (nSPS) is 19.5. The Morgan fingerprint density at radius 1 is 1.33 bits per heavy atom. The van der Waals surface area contributed by atoms with Crippen LogP contribution in [-0.4, -0.2) is 8.42 Å². The van der Waals surface area contributed by atoms with Crippen molar-refractivity contribution in [3.8, 4) is 0 Å². The number of nitrogens with zero attached hydrogens (tertiary/aromatic N) is 1. The van der Waals surface area contributed by atoms with Gasteiger partial charge < -0.3 is 0 Å². The molecule has 0 unspecified atom stereocenters. The second-order valence-electron chi connectivity index (χ2n) is 2.52. The standard InChI is InChI=1S/C6H4Br2N2O4S/c7-4-2-1-3-5(6(4)8)10-9-13-15(11,12)14-10/h1-3,9H. The van der Waals surface area contributed by atoms with E-state index in [1.807, 2.05) is 0 Å². The molecule has 1 N–H and O–H groups in total. The molecule has 0 aromatic heterocycles. The van der Waals surface area contributed by atoms with Gasteiger partial charge in [-0.2, -0.15) is 8.42 Å². The van der Waals surface area contributed by atoms with E-state index in [-0.39, 0.29) is 0 Å². The molecule has 0 atom stereocenters. The molecule has 9 heteroatoms. The zero-order valence-corrected chi connectivity index (χ0v) is 11.0. The molecule has 0 spiro atoms. The Labute approximate surface area is 103 Å². The second-order valence-corrected chi connectivity index (χ2v) is 5.30. The lowest BCUT2D eigenvalue weighted by Gasteiger charge is -2.13. The average molecular weight is 360 g/mol. The Morgan fingerprint density at radius 2 is 2.07 bits per heavy atom. The number of benzene rings is 1. The average Bonchev–Trinajstić information content (AvgIpc) is 2.51. The first-order valence-corrected chi connectivity index (χ1v) is 6.54. The maximum absolute atomic E-state index is 10.8. The molecule has 1 aromatic carbocycles. The van der Waals surface area contributed by atoms with E-state index in [4.69, 9.17) is 0 Å². The Morgan fingerprint density at radius 3 is 2.67 bits per heavy atom. The summed E-state index contributed by atoms with van der Waals surface area (Å²) in [4.78, 5) is 0. The molecule has 1 saturated heterocycles. The van der Waals surface area contributed by atoms with Crippen molar-refractivity contribution in [2.45, 2.75) is 0 Å². The fourth-order valence-corrected chi connectivity index (χ4v) is 2.20. The molecule has 1 aliphatic rings. The molecule has 15 heavy (non-hydrogen) atoms. The number of halogens is 2. The largest absolute Gasteiger partial charge is 0.440 e. The first-order valence-electron chi connectivity index (χ1n) is 3.62. The van der Waals surface area contributed by atoms with E-state index in [9.17, 15) is 8.42 Å². The van der Waals surface area contributed by atoms with Gasteiger partial charge in [-0.3, -0.25) is 0 Å². The van der Waals surface area contributed by atoms with Gasteiger partial charge in [-0.25, -0.2) is 0 Å². The third-order valence-electron chi connectivity index (χ3n) is 1.54. The van der Waals surface area contributed by atoms with Crippen molar-refractivity contribution in [2.24, 2.45) is 0 Å². The molecule has 0 aliphatic carbocycles. The van der Waals surface area contributed by atoms with Crippen molar-refractivity contribution in [3.63, 3.8) is 0 Å². The van der Waals surface area contributed by atoms with Gasteiger partial charge in [0.1, 0.15) is 5.69 Å². The lowest BCUT2D eigenvalue weighted by molar-refractivity contribution is 0.198. The van der Waals surface area contributed by atoms with Crippen molar-refractivity contribution in [1.29, 1.82) is 0 Å². The van der Waals surface area contributed by atoms with Crippen LogP contribution in [0.2, 0.25) is 0 Å². The minimum atomic E-state index is -3.99. The lowest BCUT2D eigenvalue weighted by Crippen LogP contribution is -2.28. The molecule has 0 amide bonds. The first kappa shape index (κ1) is 11.3. The summed E-state index contributed by atoms with van der Waals surface area (Å²) in [6.45, 7) is 0. The van der Waals surface area contributed by atoms with Crippen LogP contribution in [0.5, 0.6) is 0 Å². The third kappa shape index (κ3) is 2.32. The number of nitrogens with one attached hydrogen (secondary N) is 1. The molecule has 1 aromatic rings. The molecule has 6 nitrogen and oxygen atoms in total.